The van der Waals surface area contributed by atoms with E-state index >= 15 is 0 Å². The number of pyridine rings is 1. The molecule has 1 amide bonds. The summed E-state index contributed by atoms with van der Waals surface area (Å²) >= 11 is 0. The van der Waals surface area contributed by atoms with Crippen LogP contribution in [0.3, 0.4) is 0 Å². The first-order chi connectivity index (χ1) is 11.9. The van der Waals surface area contributed by atoms with Gasteiger partial charge in [0.15, 0.2) is 0 Å². The van der Waals surface area contributed by atoms with E-state index in [9.17, 15) is 9.59 Å². The summed E-state index contributed by atoms with van der Waals surface area (Å²) in [7, 11) is 1.70. The Balaban J connectivity index is 1.95. The number of nitrogens with zero attached hydrogens (tertiary/aromatic N) is 3. The fraction of sp³-hybridized carbons (Fsp3) is 0.250. The number of aryl methyl sites for hydroxylation is 3. The number of rotatable bonds is 3. The van der Waals surface area contributed by atoms with Gasteiger partial charge in [0.1, 0.15) is 11.2 Å². The third-order valence-electron chi connectivity index (χ3n) is 4.42. The zero-order valence-corrected chi connectivity index (χ0v) is 14.9. The first-order valence-corrected chi connectivity index (χ1v) is 8.17. The summed E-state index contributed by atoms with van der Waals surface area (Å²) in [5.74, 6) is -0.325. The van der Waals surface area contributed by atoms with Crippen molar-refractivity contribution in [2.75, 3.05) is 7.05 Å². The lowest BCUT2D eigenvalue weighted by atomic mass is 10.1. The lowest BCUT2D eigenvalue weighted by molar-refractivity contribution is 0.0782. The first kappa shape index (κ1) is 16.9. The summed E-state index contributed by atoms with van der Waals surface area (Å²) in [4.78, 5) is 31.3. The maximum Gasteiger partial charge on any atom is 0.270 e. The predicted octanol–water partition coefficient (Wildman–Crippen LogP) is 2.89. The van der Waals surface area contributed by atoms with Crippen LogP contribution in [0.5, 0.6) is 0 Å². The van der Waals surface area contributed by atoms with Crippen molar-refractivity contribution in [3.8, 4) is 0 Å². The molecule has 0 unspecified atom stereocenters. The SMILES string of the molecule is Cc1ccc(C)c(CN(C)C(=O)c2cnc3c(C)cccn3c2=O)c1. The van der Waals surface area contributed by atoms with Crippen LogP contribution in [0.15, 0.2) is 47.5 Å². The van der Waals surface area contributed by atoms with Crippen molar-refractivity contribution in [2.45, 2.75) is 27.3 Å². The molecule has 0 spiro atoms. The van der Waals surface area contributed by atoms with E-state index in [2.05, 4.69) is 11.1 Å². The van der Waals surface area contributed by atoms with Crippen LogP contribution >= 0.6 is 0 Å². The fourth-order valence-electron chi connectivity index (χ4n) is 2.90. The minimum absolute atomic E-state index is 0.0795. The molecule has 0 atom stereocenters. The summed E-state index contributed by atoms with van der Waals surface area (Å²) in [6.07, 6.45) is 3.02. The standard InChI is InChI=1S/C20H21N3O2/c1-13-7-8-14(2)16(10-13)12-22(4)19(24)17-11-21-18-15(3)6-5-9-23(18)20(17)25/h5-11H,12H2,1-4H3. The maximum atomic E-state index is 12.8. The molecule has 0 bridgehead atoms. The third kappa shape index (κ3) is 3.18. The van der Waals surface area contributed by atoms with Gasteiger partial charge in [-0.3, -0.25) is 14.0 Å². The molecule has 0 fully saturated rings. The number of hydrogen-bond acceptors (Lipinski definition) is 3. The highest BCUT2D eigenvalue weighted by Crippen LogP contribution is 2.14. The minimum Gasteiger partial charge on any atom is -0.337 e. The number of aromatic nitrogens is 2. The first-order valence-electron chi connectivity index (χ1n) is 8.17. The highest BCUT2D eigenvalue weighted by molar-refractivity contribution is 5.93. The van der Waals surface area contributed by atoms with Gasteiger partial charge < -0.3 is 4.90 Å². The molecule has 0 saturated carbocycles. The second-order valence-corrected chi connectivity index (χ2v) is 6.45. The predicted molar refractivity (Wildman–Crippen MR) is 97.9 cm³/mol. The number of fused-ring (bicyclic) bond motifs is 1. The van der Waals surface area contributed by atoms with E-state index in [0.29, 0.717) is 12.2 Å². The lowest BCUT2D eigenvalue weighted by Crippen LogP contribution is -2.33. The molecule has 0 aliphatic carbocycles. The largest absolute Gasteiger partial charge is 0.337 e. The van der Waals surface area contributed by atoms with Crippen LogP contribution in [0.4, 0.5) is 0 Å². The van der Waals surface area contributed by atoms with E-state index in [1.807, 2.05) is 39.0 Å². The van der Waals surface area contributed by atoms with Crippen molar-refractivity contribution in [1.82, 2.24) is 14.3 Å². The third-order valence-corrected chi connectivity index (χ3v) is 4.42. The zero-order chi connectivity index (χ0) is 18.1. The molecule has 0 N–H and O–H groups in total. The Morgan fingerprint density at radius 3 is 2.68 bits per heavy atom. The second kappa shape index (κ2) is 6.51. The molecule has 5 heteroatoms. The van der Waals surface area contributed by atoms with Gasteiger partial charge in [0, 0.05) is 26.0 Å². The van der Waals surface area contributed by atoms with Crippen LogP contribution in [0.1, 0.15) is 32.6 Å². The van der Waals surface area contributed by atoms with Crippen molar-refractivity contribution in [2.24, 2.45) is 0 Å². The van der Waals surface area contributed by atoms with Crippen molar-refractivity contribution in [3.63, 3.8) is 0 Å². The van der Waals surface area contributed by atoms with Crippen molar-refractivity contribution in [3.05, 3.63) is 80.9 Å². The quantitative estimate of drug-likeness (QED) is 0.739. The molecular formula is C20H21N3O2. The van der Waals surface area contributed by atoms with Crippen LogP contribution in [-0.2, 0) is 6.54 Å². The Morgan fingerprint density at radius 1 is 1.16 bits per heavy atom. The lowest BCUT2D eigenvalue weighted by Gasteiger charge is -2.19. The van der Waals surface area contributed by atoms with E-state index < -0.39 is 0 Å². The Bertz CT molecular complexity index is 1020. The summed E-state index contributed by atoms with van der Waals surface area (Å²) in [6.45, 7) is 6.37. The molecule has 3 aromatic rings. The van der Waals surface area contributed by atoms with E-state index in [1.165, 1.54) is 10.6 Å². The molecule has 5 nitrogen and oxygen atoms in total. The molecule has 0 saturated heterocycles. The minimum atomic E-state index is -0.341. The van der Waals surface area contributed by atoms with Crippen LogP contribution in [0, 0.1) is 20.8 Å². The Kier molecular flexibility index (Phi) is 4.40. The summed E-state index contributed by atoms with van der Waals surface area (Å²) in [5.41, 5.74) is 4.53. The molecular weight excluding hydrogens is 314 g/mol. The molecule has 2 aromatic heterocycles. The second-order valence-electron chi connectivity index (χ2n) is 6.45. The summed E-state index contributed by atoms with van der Waals surface area (Å²) in [5, 5.41) is 0. The maximum absolute atomic E-state index is 12.8. The van der Waals surface area contributed by atoms with Gasteiger partial charge in [0.05, 0.1) is 0 Å². The topological polar surface area (TPSA) is 54.7 Å². The van der Waals surface area contributed by atoms with E-state index in [-0.39, 0.29) is 17.0 Å². The molecule has 0 radical (unpaired) electrons. The van der Waals surface area contributed by atoms with Gasteiger partial charge in [0.2, 0.25) is 0 Å². The molecule has 0 aliphatic heterocycles. The molecule has 3 rings (SSSR count). The number of amides is 1. The number of carbonyl (C=O) groups excluding carboxylic acids is 1. The highest BCUT2D eigenvalue weighted by Gasteiger charge is 2.18. The zero-order valence-electron chi connectivity index (χ0n) is 14.9. The molecule has 25 heavy (non-hydrogen) atoms. The van der Waals surface area contributed by atoms with Crippen LogP contribution in [0.2, 0.25) is 0 Å². The molecule has 2 heterocycles. The van der Waals surface area contributed by atoms with Gasteiger partial charge in [0.25, 0.3) is 11.5 Å². The van der Waals surface area contributed by atoms with Gasteiger partial charge in [-0.15, -0.1) is 0 Å². The van der Waals surface area contributed by atoms with Gasteiger partial charge in [-0.2, -0.15) is 0 Å². The van der Waals surface area contributed by atoms with Crippen LogP contribution in [0.25, 0.3) is 5.65 Å². The Morgan fingerprint density at radius 2 is 1.92 bits per heavy atom. The summed E-state index contributed by atoms with van der Waals surface area (Å²) in [6, 6.07) is 9.81. The van der Waals surface area contributed by atoms with E-state index in [4.69, 9.17) is 0 Å². The monoisotopic (exact) mass is 335 g/mol. The Hall–Kier alpha value is -2.95. The molecule has 128 valence electrons. The number of carbonyl (C=O) groups is 1. The van der Waals surface area contributed by atoms with Gasteiger partial charge in [-0.05, 0) is 43.5 Å². The van der Waals surface area contributed by atoms with Crippen molar-refractivity contribution < 1.29 is 4.79 Å². The summed E-state index contributed by atoms with van der Waals surface area (Å²) < 4.78 is 1.42. The fourth-order valence-corrected chi connectivity index (χ4v) is 2.90. The van der Waals surface area contributed by atoms with Gasteiger partial charge in [-0.1, -0.05) is 29.8 Å². The molecule has 0 aliphatic rings. The van der Waals surface area contributed by atoms with Crippen molar-refractivity contribution >= 4 is 11.6 Å². The average Bonchev–Trinajstić information content (AvgIpc) is 2.58. The number of hydrogen-bond donors (Lipinski definition) is 0. The highest BCUT2D eigenvalue weighted by atomic mass is 16.2. The van der Waals surface area contributed by atoms with Gasteiger partial charge in [-0.25, -0.2) is 4.98 Å². The van der Waals surface area contributed by atoms with Gasteiger partial charge >= 0.3 is 0 Å². The number of benzene rings is 1. The van der Waals surface area contributed by atoms with Crippen LogP contribution < -0.4 is 5.56 Å². The van der Waals surface area contributed by atoms with Crippen molar-refractivity contribution in [1.29, 1.82) is 0 Å². The van der Waals surface area contributed by atoms with E-state index in [1.54, 1.807) is 24.2 Å². The van der Waals surface area contributed by atoms with E-state index in [0.717, 1.165) is 22.3 Å². The smallest absolute Gasteiger partial charge is 0.270 e. The Labute approximate surface area is 146 Å². The van der Waals surface area contributed by atoms with Crippen LogP contribution in [-0.4, -0.2) is 27.2 Å². The molecule has 1 aromatic carbocycles. The normalized spacial score (nSPS) is 10.9. The average molecular weight is 335 g/mol.